The van der Waals surface area contributed by atoms with Crippen LogP contribution < -0.4 is 4.74 Å². The molecule has 0 bridgehead atoms. The van der Waals surface area contributed by atoms with Gasteiger partial charge in [-0.3, -0.25) is 0 Å². The molecule has 1 unspecified atom stereocenters. The minimum absolute atomic E-state index is 0.669. The van der Waals surface area contributed by atoms with Crippen molar-refractivity contribution in [1.82, 2.24) is 0 Å². The van der Waals surface area contributed by atoms with E-state index in [2.05, 4.69) is 15.9 Å². The normalized spacial score (nSPS) is 12.5. The van der Waals surface area contributed by atoms with E-state index >= 15 is 0 Å². The van der Waals surface area contributed by atoms with E-state index in [4.69, 9.17) is 9.15 Å². The molecule has 1 N–H and O–H groups in total. The van der Waals surface area contributed by atoms with Crippen molar-refractivity contribution in [3.05, 3.63) is 51.4 Å². The highest BCUT2D eigenvalue weighted by Gasteiger charge is 2.18. The summed E-state index contributed by atoms with van der Waals surface area (Å²) in [6, 6.07) is 5.59. The van der Waals surface area contributed by atoms with Crippen LogP contribution >= 0.6 is 15.9 Å². The third-order valence-electron chi connectivity index (χ3n) is 2.87. The Morgan fingerprint density at radius 2 is 2.00 bits per heavy atom. The fourth-order valence-corrected chi connectivity index (χ4v) is 2.21. The number of aliphatic hydroxyl groups excluding tert-OH is 1. The smallest absolute Gasteiger partial charge is 0.125 e. The zero-order valence-electron chi connectivity index (χ0n) is 10.5. The molecular weight excluding hydrogens is 296 g/mol. The molecule has 0 fully saturated rings. The second-order valence-electron chi connectivity index (χ2n) is 4.24. The number of hydrogen-bond acceptors (Lipinski definition) is 3. The van der Waals surface area contributed by atoms with Crippen LogP contribution in [0.1, 0.15) is 28.6 Å². The highest BCUT2D eigenvalue weighted by Crippen LogP contribution is 2.34. The lowest BCUT2D eigenvalue weighted by Gasteiger charge is -2.15. The van der Waals surface area contributed by atoms with Crippen LogP contribution in [0, 0.1) is 13.8 Å². The van der Waals surface area contributed by atoms with Crippen LogP contribution in [0.2, 0.25) is 0 Å². The molecule has 96 valence electrons. The van der Waals surface area contributed by atoms with Crippen LogP contribution in [0.5, 0.6) is 5.75 Å². The molecule has 1 aromatic heterocycles. The van der Waals surface area contributed by atoms with Gasteiger partial charge in [0.25, 0.3) is 0 Å². The molecule has 0 aliphatic carbocycles. The fraction of sp³-hybridized carbons (Fsp3) is 0.286. The molecule has 0 aliphatic rings. The Balaban J connectivity index is 2.46. The Morgan fingerprint density at radius 3 is 2.56 bits per heavy atom. The van der Waals surface area contributed by atoms with Gasteiger partial charge in [-0.25, -0.2) is 0 Å². The predicted molar refractivity (Wildman–Crippen MR) is 72.9 cm³/mol. The zero-order valence-corrected chi connectivity index (χ0v) is 12.1. The van der Waals surface area contributed by atoms with Gasteiger partial charge in [0.2, 0.25) is 0 Å². The topological polar surface area (TPSA) is 42.6 Å². The number of furan rings is 1. The maximum atomic E-state index is 10.4. The number of benzene rings is 1. The number of hydrogen-bond donors (Lipinski definition) is 1. The summed E-state index contributed by atoms with van der Waals surface area (Å²) < 4.78 is 11.5. The SMILES string of the molecule is COc1cc(C)c(Br)cc1C(O)c1coc(C)c1. The molecule has 1 atom stereocenters. The van der Waals surface area contributed by atoms with Crippen molar-refractivity contribution in [3.8, 4) is 5.75 Å². The summed E-state index contributed by atoms with van der Waals surface area (Å²) in [6.07, 6.45) is 0.807. The molecule has 0 aliphatic heterocycles. The zero-order chi connectivity index (χ0) is 13.3. The molecule has 2 rings (SSSR count). The lowest BCUT2D eigenvalue weighted by Crippen LogP contribution is -2.02. The summed E-state index contributed by atoms with van der Waals surface area (Å²) in [4.78, 5) is 0. The van der Waals surface area contributed by atoms with E-state index in [1.165, 1.54) is 0 Å². The van der Waals surface area contributed by atoms with Crippen molar-refractivity contribution >= 4 is 15.9 Å². The van der Waals surface area contributed by atoms with Gasteiger partial charge in [0, 0.05) is 15.6 Å². The van der Waals surface area contributed by atoms with Crippen molar-refractivity contribution in [2.24, 2.45) is 0 Å². The maximum absolute atomic E-state index is 10.4. The van der Waals surface area contributed by atoms with Crippen LogP contribution in [0.15, 0.2) is 33.4 Å². The van der Waals surface area contributed by atoms with Gasteiger partial charge < -0.3 is 14.3 Å². The third-order valence-corrected chi connectivity index (χ3v) is 3.73. The summed E-state index contributed by atoms with van der Waals surface area (Å²) in [7, 11) is 1.60. The van der Waals surface area contributed by atoms with Gasteiger partial charge >= 0.3 is 0 Å². The number of aliphatic hydroxyl groups is 1. The molecule has 0 saturated heterocycles. The number of aryl methyl sites for hydroxylation is 2. The number of methoxy groups -OCH3 is 1. The van der Waals surface area contributed by atoms with E-state index in [-0.39, 0.29) is 0 Å². The lowest BCUT2D eigenvalue weighted by molar-refractivity contribution is 0.213. The van der Waals surface area contributed by atoms with Crippen LogP contribution in [0.4, 0.5) is 0 Å². The third kappa shape index (κ3) is 2.44. The number of halogens is 1. The largest absolute Gasteiger partial charge is 0.496 e. The lowest BCUT2D eigenvalue weighted by atomic mass is 10.0. The first-order valence-electron chi connectivity index (χ1n) is 5.60. The summed E-state index contributed by atoms with van der Waals surface area (Å²) in [5.74, 6) is 1.44. The van der Waals surface area contributed by atoms with E-state index in [0.29, 0.717) is 5.75 Å². The first kappa shape index (κ1) is 13.2. The Morgan fingerprint density at radius 1 is 1.28 bits per heavy atom. The summed E-state index contributed by atoms with van der Waals surface area (Å²) in [5, 5.41) is 10.4. The Labute approximate surface area is 115 Å². The molecule has 0 radical (unpaired) electrons. The minimum atomic E-state index is -0.755. The first-order valence-corrected chi connectivity index (χ1v) is 6.39. The van der Waals surface area contributed by atoms with Crippen LogP contribution in [0.25, 0.3) is 0 Å². The average Bonchev–Trinajstić information content (AvgIpc) is 2.78. The van der Waals surface area contributed by atoms with Crippen LogP contribution in [-0.2, 0) is 0 Å². The van der Waals surface area contributed by atoms with E-state index < -0.39 is 6.10 Å². The summed E-state index contributed by atoms with van der Waals surface area (Å²) in [6.45, 7) is 3.82. The monoisotopic (exact) mass is 310 g/mol. The quantitative estimate of drug-likeness (QED) is 0.939. The van der Waals surface area contributed by atoms with Crippen LogP contribution in [-0.4, -0.2) is 12.2 Å². The molecule has 18 heavy (non-hydrogen) atoms. The molecule has 0 spiro atoms. The molecule has 0 saturated carbocycles. The highest BCUT2D eigenvalue weighted by atomic mass is 79.9. The fourth-order valence-electron chi connectivity index (χ4n) is 1.85. The van der Waals surface area contributed by atoms with Crippen LogP contribution in [0.3, 0.4) is 0 Å². The average molecular weight is 311 g/mol. The summed E-state index contributed by atoms with van der Waals surface area (Å²) in [5.41, 5.74) is 2.50. The van der Waals surface area contributed by atoms with Crippen molar-refractivity contribution in [3.63, 3.8) is 0 Å². The van der Waals surface area contributed by atoms with Crippen molar-refractivity contribution in [2.75, 3.05) is 7.11 Å². The van der Waals surface area contributed by atoms with Crippen molar-refractivity contribution in [1.29, 1.82) is 0 Å². The van der Waals surface area contributed by atoms with Crippen molar-refractivity contribution < 1.29 is 14.3 Å². The molecule has 0 amide bonds. The molecule has 2 aromatic rings. The van der Waals surface area contributed by atoms with Gasteiger partial charge in [0.15, 0.2) is 0 Å². The number of ether oxygens (including phenoxy) is 1. The molecule has 4 heteroatoms. The van der Waals surface area contributed by atoms with E-state index in [1.54, 1.807) is 13.4 Å². The Bertz CT molecular complexity index is 560. The Hall–Kier alpha value is -1.26. The molecule has 1 heterocycles. The van der Waals surface area contributed by atoms with Gasteiger partial charge in [0.05, 0.1) is 13.4 Å². The van der Waals surface area contributed by atoms with Gasteiger partial charge in [-0.15, -0.1) is 0 Å². The van der Waals surface area contributed by atoms with Gasteiger partial charge in [-0.1, -0.05) is 15.9 Å². The minimum Gasteiger partial charge on any atom is -0.496 e. The van der Waals surface area contributed by atoms with E-state index in [9.17, 15) is 5.11 Å². The second kappa shape index (κ2) is 5.16. The highest BCUT2D eigenvalue weighted by molar-refractivity contribution is 9.10. The van der Waals surface area contributed by atoms with Gasteiger partial charge in [0.1, 0.15) is 17.6 Å². The first-order chi connectivity index (χ1) is 8.52. The predicted octanol–water partition coefficient (Wildman–Crippen LogP) is 3.75. The molecule has 3 nitrogen and oxygen atoms in total. The van der Waals surface area contributed by atoms with Gasteiger partial charge in [-0.2, -0.15) is 0 Å². The van der Waals surface area contributed by atoms with Crippen molar-refractivity contribution in [2.45, 2.75) is 20.0 Å². The van der Waals surface area contributed by atoms with E-state index in [1.807, 2.05) is 32.0 Å². The maximum Gasteiger partial charge on any atom is 0.125 e. The standard InChI is InChI=1S/C14H15BrO3/c1-8-4-13(17-3)11(6-12(8)15)14(16)10-5-9(2)18-7-10/h4-7,14,16H,1-3H3. The molecule has 1 aromatic carbocycles. The number of rotatable bonds is 3. The van der Waals surface area contributed by atoms with Gasteiger partial charge in [-0.05, 0) is 37.6 Å². The molecular formula is C14H15BrO3. The second-order valence-corrected chi connectivity index (χ2v) is 5.09. The Kier molecular flexibility index (Phi) is 3.78. The van der Waals surface area contributed by atoms with E-state index in [0.717, 1.165) is 26.9 Å². The summed E-state index contributed by atoms with van der Waals surface area (Å²) >= 11 is 3.47.